The average Bonchev–Trinajstić information content (AvgIpc) is 2.78. The molecule has 4 heteroatoms. The molecule has 0 aromatic carbocycles. The summed E-state index contributed by atoms with van der Waals surface area (Å²) in [5.74, 6) is 0.743. The summed E-state index contributed by atoms with van der Waals surface area (Å²) in [6, 6.07) is 0.293. The highest BCUT2D eigenvalue weighted by atomic mass is 15.4. The van der Waals surface area contributed by atoms with Crippen LogP contribution in [0.3, 0.4) is 0 Å². The summed E-state index contributed by atoms with van der Waals surface area (Å²) >= 11 is 0. The maximum Gasteiger partial charge on any atom is 0.0842 e. The van der Waals surface area contributed by atoms with E-state index >= 15 is 0 Å². The largest absolute Gasteiger partial charge is 0.327 e. The summed E-state index contributed by atoms with van der Waals surface area (Å²) < 4.78 is 1.72. The van der Waals surface area contributed by atoms with E-state index in [0.717, 1.165) is 18.0 Å². The zero-order valence-corrected chi connectivity index (χ0v) is 7.27. The first-order chi connectivity index (χ1) is 5.75. The lowest BCUT2D eigenvalue weighted by atomic mass is 10.1. The van der Waals surface area contributed by atoms with Crippen molar-refractivity contribution in [1.82, 2.24) is 15.0 Å². The van der Waals surface area contributed by atoms with Gasteiger partial charge in [-0.1, -0.05) is 5.21 Å². The molecule has 1 aromatic heterocycles. The van der Waals surface area contributed by atoms with Crippen LogP contribution in [0.5, 0.6) is 0 Å². The molecular weight excluding hydrogens is 152 g/mol. The third-order valence-corrected chi connectivity index (χ3v) is 2.32. The molecule has 0 aliphatic heterocycles. The molecule has 1 atom stereocenters. The average molecular weight is 166 g/mol. The van der Waals surface area contributed by atoms with E-state index in [1.165, 1.54) is 12.8 Å². The first-order valence-electron chi connectivity index (χ1n) is 4.36. The molecule has 1 unspecified atom stereocenters. The number of hydrogen-bond donors (Lipinski definition) is 1. The lowest BCUT2D eigenvalue weighted by Gasteiger charge is -2.05. The molecule has 0 saturated heterocycles. The van der Waals surface area contributed by atoms with E-state index in [9.17, 15) is 0 Å². The fourth-order valence-electron chi connectivity index (χ4n) is 1.42. The highest BCUT2D eigenvalue weighted by Crippen LogP contribution is 2.32. The van der Waals surface area contributed by atoms with E-state index in [4.69, 9.17) is 5.73 Å². The Hall–Kier alpha value is -0.900. The predicted molar refractivity (Wildman–Crippen MR) is 45.4 cm³/mol. The van der Waals surface area contributed by atoms with Gasteiger partial charge in [0.15, 0.2) is 0 Å². The van der Waals surface area contributed by atoms with Crippen LogP contribution in [0.1, 0.15) is 18.5 Å². The van der Waals surface area contributed by atoms with E-state index in [0.29, 0.717) is 6.04 Å². The minimum absolute atomic E-state index is 0.293. The molecular formula is C8H14N4. The lowest BCUT2D eigenvalue weighted by Crippen LogP contribution is -2.25. The normalized spacial score (nSPS) is 19.5. The Bertz CT molecular complexity index is 264. The number of nitrogens with zero attached hydrogens (tertiary/aromatic N) is 3. The first kappa shape index (κ1) is 7.73. The number of aromatic nitrogens is 3. The van der Waals surface area contributed by atoms with Crippen molar-refractivity contribution in [3.05, 3.63) is 11.9 Å². The van der Waals surface area contributed by atoms with Gasteiger partial charge in [0.25, 0.3) is 0 Å². The van der Waals surface area contributed by atoms with E-state index in [1.807, 2.05) is 13.2 Å². The molecule has 2 N–H and O–H groups in total. The molecule has 12 heavy (non-hydrogen) atoms. The van der Waals surface area contributed by atoms with E-state index < -0.39 is 0 Å². The second kappa shape index (κ2) is 2.86. The van der Waals surface area contributed by atoms with Gasteiger partial charge < -0.3 is 5.73 Å². The molecule has 1 heterocycles. The second-order valence-corrected chi connectivity index (χ2v) is 3.59. The molecule has 1 aliphatic rings. The Morgan fingerprint density at radius 2 is 2.50 bits per heavy atom. The number of rotatable bonds is 3. The van der Waals surface area contributed by atoms with Crippen molar-refractivity contribution in [3.8, 4) is 0 Å². The van der Waals surface area contributed by atoms with Gasteiger partial charge >= 0.3 is 0 Å². The highest BCUT2D eigenvalue weighted by molar-refractivity contribution is 4.98. The fourth-order valence-corrected chi connectivity index (χ4v) is 1.42. The van der Waals surface area contributed by atoms with Gasteiger partial charge in [-0.2, -0.15) is 0 Å². The Kier molecular flexibility index (Phi) is 1.84. The number of aryl methyl sites for hydroxylation is 1. The van der Waals surface area contributed by atoms with Gasteiger partial charge in [-0.3, -0.25) is 4.68 Å². The monoisotopic (exact) mass is 166 g/mol. The van der Waals surface area contributed by atoms with Crippen molar-refractivity contribution in [2.45, 2.75) is 25.3 Å². The molecule has 1 saturated carbocycles. The summed E-state index contributed by atoms with van der Waals surface area (Å²) in [5, 5.41) is 7.86. The Morgan fingerprint density at radius 3 is 3.00 bits per heavy atom. The fraction of sp³-hybridized carbons (Fsp3) is 0.750. The van der Waals surface area contributed by atoms with E-state index in [2.05, 4.69) is 10.3 Å². The van der Waals surface area contributed by atoms with Crippen molar-refractivity contribution in [2.75, 3.05) is 0 Å². The Morgan fingerprint density at radius 1 is 1.75 bits per heavy atom. The maximum atomic E-state index is 5.94. The summed E-state index contributed by atoms with van der Waals surface area (Å²) in [6.45, 7) is 0. The molecule has 0 bridgehead atoms. The van der Waals surface area contributed by atoms with Gasteiger partial charge in [0.2, 0.25) is 0 Å². The molecule has 66 valence electrons. The molecule has 1 aliphatic carbocycles. The lowest BCUT2D eigenvalue weighted by molar-refractivity contribution is 0.583. The van der Waals surface area contributed by atoms with Crippen molar-refractivity contribution < 1.29 is 0 Å². The second-order valence-electron chi connectivity index (χ2n) is 3.59. The van der Waals surface area contributed by atoms with Gasteiger partial charge in [0.1, 0.15) is 0 Å². The third kappa shape index (κ3) is 1.64. The van der Waals surface area contributed by atoms with Gasteiger partial charge in [-0.15, -0.1) is 5.10 Å². The quantitative estimate of drug-likeness (QED) is 0.692. The summed E-state index contributed by atoms with van der Waals surface area (Å²) in [6.07, 6.45) is 5.39. The zero-order valence-electron chi connectivity index (χ0n) is 7.27. The third-order valence-electron chi connectivity index (χ3n) is 2.32. The molecule has 0 spiro atoms. The van der Waals surface area contributed by atoms with Crippen LogP contribution in [0.15, 0.2) is 6.20 Å². The maximum absolute atomic E-state index is 5.94. The molecule has 1 aromatic rings. The van der Waals surface area contributed by atoms with E-state index in [1.54, 1.807) is 4.68 Å². The van der Waals surface area contributed by atoms with Crippen LogP contribution in [0, 0.1) is 5.92 Å². The van der Waals surface area contributed by atoms with Crippen LogP contribution in [-0.2, 0) is 13.5 Å². The summed E-state index contributed by atoms with van der Waals surface area (Å²) in [5.41, 5.74) is 6.95. The minimum atomic E-state index is 0.293. The van der Waals surface area contributed by atoms with Crippen LogP contribution >= 0.6 is 0 Å². The topological polar surface area (TPSA) is 56.7 Å². The van der Waals surface area contributed by atoms with E-state index in [-0.39, 0.29) is 0 Å². The van der Waals surface area contributed by atoms with Crippen LogP contribution in [0.2, 0.25) is 0 Å². The van der Waals surface area contributed by atoms with Gasteiger partial charge in [0, 0.05) is 25.7 Å². The Labute approximate surface area is 71.8 Å². The molecule has 0 radical (unpaired) electrons. The molecule has 2 rings (SSSR count). The summed E-state index contributed by atoms with van der Waals surface area (Å²) in [7, 11) is 1.87. The number of hydrogen-bond acceptors (Lipinski definition) is 3. The van der Waals surface area contributed by atoms with Gasteiger partial charge in [-0.05, 0) is 18.8 Å². The van der Waals surface area contributed by atoms with Crippen LogP contribution < -0.4 is 5.73 Å². The van der Waals surface area contributed by atoms with Crippen molar-refractivity contribution in [1.29, 1.82) is 0 Å². The Balaban J connectivity index is 1.93. The molecule has 0 amide bonds. The SMILES string of the molecule is Cn1cc(CC(N)C2CC2)nn1. The van der Waals surface area contributed by atoms with Crippen LogP contribution in [0.4, 0.5) is 0 Å². The predicted octanol–water partition coefficient (Wildman–Crippen LogP) is 0.0949. The molecule has 4 nitrogen and oxygen atoms in total. The van der Waals surface area contributed by atoms with Crippen molar-refractivity contribution in [3.63, 3.8) is 0 Å². The van der Waals surface area contributed by atoms with Crippen LogP contribution in [-0.4, -0.2) is 21.0 Å². The zero-order chi connectivity index (χ0) is 8.55. The summed E-state index contributed by atoms with van der Waals surface area (Å²) in [4.78, 5) is 0. The smallest absolute Gasteiger partial charge is 0.0842 e. The van der Waals surface area contributed by atoms with Crippen molar-refractivity contribution >= 4 is 0 Å². The minimum Gasteiger partial charge on any atom is -0.327 e. The van der Waals surface area contributed by atoms with Crippen LogP contribution in [0.25, 0.3) is 0 Å². The standard InChI is InChI=1S/C8H14N4/c1-12-5-7(10-11-12)4-8(9)6-2-3-6/h5-6,8H,2-4,9H2,1H3. The highest BCUT2D eigenvalue weighted by Gasteiger charge is 2.28. The molecule has 1 fully saturated rings. The van der Waals surface area contributed by atoms with Crippen molar-refractivity contribution in [2.24, 2.45) is 18.7 Å². The van der Waals surface area contributed by atoms with Gasteiger partial charge in [0.05, 0.1) is 5.69 Å². The number of nitrogens with two attached hydrogens (primary N) is 1. The first-order valence-corrected chi connectivity index (χ1v) is 4.36. The van der Waals surface area contributed by atoms with Gasteiger partial charge in [-0.25, -0.2) is 0 Å².